The van der Waals surface area contributed by atoms with E-state index in [2.05, 4.69) is 41.4 Å². The van der Waals surface area contributed by atoms with Crippen molar-refractivity contribution >= 4 is 27.4 Å². The van der Waals surface area contributed by atoms with E-state index in [-0.39, 0.29) is 5.82 Å². The lowest BCUT2D eigenvalue weighted by atomic mass is 10.1. The molecule has 0 unspecified atom stereocenters. The largest absolute Gasteiger partial charge is 0.353 e. The Morgan fingerprint density at radius 1 is 1.13 bits per heavy atom. The van der Waals surface area contributed by atoms with Crippen LogP contribution in [0.2, 0.25) is 0 Å². The summed E-state index contributed by atoms with van der Waals surface area (Å²) in [5.41, 5.74) is 1.24. The number of thiophene rings is 1. The SMILES string of the molecule is Cc1ccc(-c2noc(CCCN3CCN(c4ncnc5sccc45)CC3)n2)cc1F. The van der Waals surface area contributed by atoms with Gasteiger partial charge in [0.25, 0.3) is 0 Å². The zero-order valence-electron chi connectivity index (χ0n) is 17.3. The summed E-state index contributed by atoms with van der Waals surface area (Å²) in [6, 6.07) is 7.09. The van der Waals surface area contributed by atoms with Crippen molar-refractivity contribution < 1.29 is 8.91 Å². The van der Waals surface area contributed by atoms with E-state index in [4.69, 9.17) is 4.52 Å². The van der Waals surface area contributed by atoms with Crippen molar-refractivity contribution in [2.75, 3.05) is 37.6 Å². The van der Waals surface area contributed by atoms with Gasteiger partial charge >= 0.3 is 0 Å². The van der Waals surface area contributed by atoms with E-state index in [1.165, 1.54) is 6.07 Å². The number of rotatable bonds is 6. The van der Waals surface area contributed by atoms with E-state index in [0.717, 1.165) is 55.2 Å². The van der Waals surface area contributed by atoms with Crippen LogP contribution in [-0.4, -0.2) is 57.7 Å². The van der Waals surface area contributed by atoms with Crippen molar-refractivity contribution in [3.63, 3.8) is 0 Å². The Balaban J connectivity index is 1.12. The summed E-state index contributed by atoms with van der Waals surface area (Å²) in [4.78, 5) is 19.1. The molecule has 4 aromatic rings. The molecule has 0 radical (unpaired) electrons. The number of nitrogens with zero attached hydrogens (tertiary/aromatic N) is 6. The summed E-state index contributed by atoms with van der Waals surface area (Å²) in [6.07, 6.45) is 3.30. The monoisotopic (exact) mass is 438 g/mol. The third-order valence-corrected chi connectivity index (χ3v) is 6.50. The lowest BCUT2D eigenvalue weighted by molar-refractivity contribution is 0.250. The second kappa shape index (κ2) is 8.68. The molecule has 4 heterocycles. The molecule has 1 saturated heterocycles. The van der Waals surface area contributed by atoms with E-state index < -0.39 is 0 Å². The topological polar surface area (TPSA) is 71.2 Å². The number of benzene rings is 1. The molecule has 1 aliphatic rings. The number of anilines is 1. The van der Waals surface area contributed by atoms with Crippen LogP contribution in [0.15, 0.2) is 40.5 Å². The van der Waals surface area contributed by atoms with Crippen LogP contribution in [0.3, 0.4) is 0 Å². The number of aryl methyl sites for hydroxylation is 2. The first-order valence-electron chi connectivity index (χ1n) is 10.4. The predicted octanol–water partition coefficient (Wildman–Crippen LogP) is 3.94. The van der Waals surface area contributed by atoms with Gasteiger partial charge in [0.15, 0.2) is 0 Å². The van der Waals surface area contributed by atoms with E-state index in [9.17, 15) is 4.39 Å². The van der Waals surface area contributed by atoms with Crippen LogP contribution < -0.4 is 4.90 Å². The Labute approximate surface area is 183 Å². The normalized spacial score (nSPS) is 15.1. The van der Waals surface area contributed by atoms with Crippen LogP contribution in [0.1, 0.15) is 17.9 Å². The quantitative estimate of drug-likeness (QED) is 0.451. The molecule has 9 heteroatoms. The molecular formula is C22H23FN6OS. The smallest absolute Gasteiger partial charge is 0.227 e. The van der Waals surface area contributed by atoms with Crippen molar-refractivity contribution in [2.24, 2.45) is 0 Å². The number of halogens is 1. The zero-order valence-corrected chi connectivity index (χ0v) is 18.1. The zero-order chi connectivity index (χ0) is 21.2. The third kappa shape index (κ3) is 4.28. The van der Waals surface area contributed by atoms with Crippen LogP contribution >= 0.6 is 11.3 Å². The molecule has 0 saturated carbocycles. The molecule has 0 N–H and O–H groups in total. The van der Waals surface area contributed by atoms with E-state index in [1.54, 1.807) is 30.7 Å². The third-order valence-electron chi connectivity index (χ3n) is 5.68. The van der Waals surface area contributed by atoms with Gasteiger partial charge in [0.1, 0.15) is 22.8 Å². The Kier molecular flexibility index (Phi) is 5.61. The van der Waals surface area contributed by atoms with Gasteiger partial charge in [0.05, 0.1) is 5.39 Å². The Hall–Kier alpha value is -2.91. The van der Waals surface area contributed by atoms with Crippen LogP contribution in [0, 0.1) is 12.7 Å². The average molecular weight is 439 g/mol. The highest BCUT2D eigenvalue weighted by atomic mass is 32.1. The Morgan fingerprint density at radius 3 is 2.84 bits per heavy atom. The fourth-order valence-corrected chi connectivity index (χ4v) is 4.60. The maximum Gasteiger partial charge on any atom is 0.227 e. The lowest BCUT2D eigenvalue weighted by Gasteiger charge is -2.35. The molecule has 5 rings (SSSR count). The number of fused-ring (bicyclic) bond motifs is 1. The highest BCUT2D eigenvalue weighted by Crippen LogP contribution is 2.27. The molecule has 1 aromatic carbocycles. The molecule has 31 heavy (non-hydrogen) atoms. The molecule has 1 fully saturated rings. The molecule has 0 bridgehead atoms. The first kappa shape index (κ1) is 20.0. The maximum absolute atomic E-state index is 13.8. The van der Waals surface area contributed by atoms with E-state index in [0.29, 0.717) is 29.3 Å². The number of piperazine rings is 1. The van der Waals surface area contributed by atoms with Crippen LogP contribution in [0.4, 0.5) is 10.2 Å². The van der Waals surface area contributed by atoms with Crippen LogP contribution in [0.25, 0.3) is 21.6 Å². The van der Waals surface area contributed by atoms with Crippen molar-refractivity contribution in [1.82, 2.24) is 25.0 Å². The fraction of sp³-hybridized carbons (Fsp3) is 0.364. The predicted molar refractivity (Wildman–Crippen MR) is 119 cm³/mol. The van der Waals surface area contributed by atoms with Crippen molar-refractivity contribution in [3.05, 3.63) is 53.2 Å². The summed E-state index contributed by atoms with van der Waals surface area (Å²) in [6.45, 7) is 6.59. The summed E-state index contributed by atoms with van der Waals surface area (Å²) < 4.78 is 19.1. The Bertz CT molecular complexity index is 1180. The number of hydrogen-bond donors (Lipinski definition) is 0. The average Bonchev–Trinajstić information content (AvgIpc) is 3.46. The van der Waals surface area contributed by atoms with Crippen LogP contribution in [-0.2, 0) is 6.42 Å². The summed E-state index contributed by atoms with van der Waals surface area (Å²) >= 11 is 1.65. The first-order valence-corrected chi connectivity index (χ1v) is 11.3. The standard InChI is InChI=1S/C22H23FN6OS/c1-15-4-5-16(13-18(15)23)20-26-19(30-27-20)3-2-7-28-8-10-29(11-9-28)21-17-6-12-31-22(17)25-14-24-21/h4-6,12-14H,2-3,7-11H2,1H3. The summed E-state index contributed by atoms with van der Waals surface area (Å²) in [5, 5.41) is 7.21. The van der Waals surface area contributed by atoms with Gasteiger partial charge in [-0.15, -0.1) is 11.3 Å². The Morgan fingerprint density at radius 2 is 2.00 bits per heavy atom. The van der Waals surface area contributed by atoms with Gasteiger partial charge in [-0.05, 0) is 43.0 Å². The summed E-state index contributed by atoms with van der Waals surface area (Å²) in [5.74, 6) is 1.81. The minimum absolute atomic E-state index is 0.260. The number of aromatic nitrogens is 4. The molecule has 0 spiro atoms. The van der Waals surface area contributed by atoms with E-state index in [1.807, 2.05) is 6.07 Å². The molecule has 0 amide bonds. The molecule has 7 nitrogen and oxygen atoms in total. The molecule has 1 aliphatic heterocycles. The van der Waals surface area contributed by atoms with Gasteiger partial charge in [0, 0.05) is 38.2 Å². The first-order chi connectivity index (χ1) is 15.2. The van der Waals surface area contributed by atoms with Gasteiger partial charge in [-0.2, -0.15) is 4.98 Å². The maximum atomic E-state index is 13.8. The van der Waals surface area contributed by atoms with Crippen molar-refractivity contribution in [2.45, 2.75) is 19.8 Å². The minimum Gasteiger partial charge on any atom is -0.353 e. The molecule has 0 aliphatic carbocycles. The van der Waals surface area contributed by atoms with Gasteiger partial charge in [-0.1, -0.05) is 17.3 Å². The van der Waals surface area contributed by atoms with Gasteiger partial charge in [-0.25, -0.2) is 14.4 Å². The highest BCUT2D eigenvalue weighted by Gasteiger charge is 2.20. The minimum atomic E-state index is -0.260. The van der Waals surface area contributed by atoms with Crippen LogP contribution in [0.5, 0.6) is 0 Å². The van der Waals surface area contributed by atoms with Crippen molar-refractivity contribution in [1.29, 1.82) is 0 Å². The summed E-state index contributed by atoms with van der Waals surface area (Å²) in [7, 11) is 0. The number of hydrogen-bond acceptors (Lipinski definition) is 8. The second-order valence-corrected chi connectivity index (χ2v) is 8.64. The van der Waals surface area contributed by atoms with E-state index >= 15 is 0 Å². The second-order valence-electron chi connectivity index (χ2n) is 7.74. The van der Waals surface area contributed by atoms with Gasteiger partial charge < -0.3 is 9.42 Å². The van der Waals surface area contributed by atoms with Gasteiger partial charge in [0.2, 0.25) is 11.7 Å². The molecule has 160 valence electrons. The molecule has 0 atom stereocenters. The fourth-order valence-electron chi connectivity index (χ4n) is 3.87. The van der Waals surface area contributed by atoms with Crippen molar-refractivity contribution in [3.8, 4) is 11.4 Å². The molecule has 3 aromatic heterocycles. The molecular weight excluding hydrogens is 415 g/mol. The lowest BCUT2D eigenvalue weighted by Crippen LogP contribution is -2.47. The van der Waals surface area contributed by atoms with Gasteiger partial charge in [-0.3, -0.25) is 4.90 Å². The highest BCUT2D eigenvalue weighted by molar-refractivity contribution is 7.16.